The Labute approximate surface area is 107 Å². The van der Waals surface area contributed by atoms with Crippen LogP contribution in [0.2, 0.25) is 0 Å². The normalized spacial score (nSPS) is 34.6. The van der Waals surface area contributed by atoms with Gasteiger partial charge in [0.1, 0.15) is 12.9 Å². The number of fused-ring (bicyclic) bond motifs is 1. The Kier molecular flexibility index (Phi) is 3.83. The third-order valence-corrected chi connectivity index (χ3v) is 2.87. The Hall–Kier alpha value is 0.220. The first-order valence-electron chi connectivity index (χ1n) is 4.65. The molecule has 8 heteroatoms. The average Bonchev–Trinajstić information content (AvgIpc) is 2.65. The fraction of sp³-hybridized carbons (Fsp3) is 0.875. The molecular weight excluding hydrogens is 280 g/mol. The number of rotatable bonds is 1. The zero-order chi connectivity index (χ0) is 11.8. The van der Waals surface area contributed by atoms with Crippen molar-refractivity contribution in [2.75, 3.05) is 13.4 Å². The zero-order valence-corrected chi connectivity index (χ0v) is 10.4. The quantitative estimate of drug-likeness (QED) is 0.455. The monoisotopic (exact) mass is 289 g/mol. The van der Waals surface area contributed by atoms with Crippen LogP contribution in [-0.4, -0.2) is 41.6 Å². The van der Waals surface area contributed by atoms with Crippen LogP contribution in [0.4, 0.5) is 0 Å². The van der Waals surface area contributed by atoms with E-state index in [2.05, 4.69) is 0 Å². The molecule has 3 unspecified atom stereocenters. The second-order valence-electron chi connectivity index (χ2n) is 3.43. The van der Waals surface area contributed by atoms with Gasteiger partial charge < -0.3 is 18.9 Å². The minimum Gasteiger partial charge on any atom is -0.445 e. The molecule has 0 amide bonds. The molecule has 0 aliphatic carbocycles. The highest BCUT2D eigenvalue weighted by molar-refractivity contribution is 6.76. The van der Waals surface area contributed by atoms with Crippen LogP contribution in [0.15, 0.2) is 0 Å². The van der Waals surface area contributed by atoms with Gasteiger partial charge in [0.15, 0.2) is 0 Å². The van der Waals surface area contributed by atoms with Crippen molar-refractivity contribution in [1.29, 1.82) is 5.41 Å². The first-order chi connectivity index (χ1) is 7.48. The minimum atomic E-state index is -1.89. The molecule has 2 fully saturated rings. The summed E-state index contributed by atoms with van der Waals surface area (Å²) in [7, 11) is 0. The van der Waals surface area contributed by atoms with Gasteiger partial charge in [0.25, 0.3) is 3.79 Å². The van der Waals surface area contributed by atoms with Gasteiger partial charge in [-0.3, -0.25) is 5.41 Å². The van der Waals surface area contributed by atoms with Crippen molar-refractivity contribution >= 4 is 40.7 Å². The zero-order valence-electron chi connectivity index (χ0n) is 8.12. The summed E-state index contributed by atoms with van der Waals surface area (Å²) in [4.78, 5) is 0. The molecule has 0 bridgehead atoms. The van der Waals surface area contributed by atoms with Crippen molar-refractivity contribution in [1.82, 2.24) is 0 Å². The Bertz CT molecular complexity index is 283. The molecular formula is C8H10Cl3NO4. The number of alkyl halides is 3. The highest BCUT2D eigenvalue weighted by Gasteiger charge is 2.43. The van der Waals surface area contributed by atoms with Crippen LogP contribution in [0.5, 0.6) is 0 Å². The van der Waals surface area contributed by atoms with E-state index in [0.29, 0.717) is 6.61 Å². The molecule has 0 radical (unpaired) electrons. The third-order valence-electron chi connectivity index (χ3n) is 2.35. The molecule has 0 aromatic carbocycles. The first kappa shape index (κ1) is 12.7. The smallest absolute Gasteiger partial charge is 0.265 e. The van der Waals surface area contributed by atoms with E-state index in [4.69, 9.17) is 59.2 Å². The van der Waals surface area contributed by atoms with Gasteiger partial charge in [0, 0.05) is 0 Å². The SMILES string of the molecule is N=C(OC1OCCC2OCOC21)C(Cl)(Cl)Cl. The van der Waals surface area contributed by atoms with Gasteiger partial charge in [-0.15, -0.1) is 0 Å². The van der Waals surface area contributed by atoms with Gasteiger partial charge in [-0.2, -0.15) is 0 Å². The van der Waals surface area contributed by atoms with Crippen molar-refractivity contribution in [3.8, 4) is 0 Å². The summed E-state index contributed by atoms with van der Waals surface area (Å²) >= 11 is 16.5. The van der Waals surface area contributed by atoms with Gasteiger partial charge in [-0.25, -0.2) is 0 Å². The third kappa shape index (κ3) is 2.72. The van der Waals surface area contributed by atoms with Crippen LogP contribution in [0.1, 0.15) is 6.42 Å². The summed E-state index contributed by atoms with van der Waals surface area (Å²) < 4.78 is 19.1. The van der Waals surface area contributed by atoms with E-state index in [-0.39, 0.29) is 19.0 Å². The number of hydrogen-bond donors (Lipinski definition) is 1. The summed E-state index contributed by atoms with van der Waals surface area (Å²) in [6.07, 6.45) is -0.487. The predicted octanol–water partition coefficient (Wildman–Crippen LogP) is 1.84. The predicted molar refractivity (Wildman–Crippen MR) is 58.1 cm³/mol. The molecule has 0 saturated carbocycles. The lowest BCUT2D eigenvalue weighted by atomic mass is 10.1. The Morgan fingerprint density at radius 2 is 2.00 bits per heavy atom. The minimum absolute atomic E-state index is 0.0815. The van der Waals surface area contributed by atoms with Crippen molar-refractivity contribution in [3.63, 3.8) is 0 Å². The van der Waals surface area contributed by atoms with Crippen LogP contribution in [0.3, 0.4) is 0 Å². The number of ether oxygens (including phenoxy) is 4. The van der Waals surface area contributed by atoms with E-state index in [1.54, 1.807) is 0 Å². The van der Waals surface area contributed by atoms with E-state index in [9.17, 15) is 0 Å². The van der Waals surface area contributed by atoms with Gasteiger partial charge >= 0.3 is 0 Å². The molecule has 2 aliphatic rings. The number of halogens is 3. The van der Waals surface area contributed by atoms with Crippen molar-refractivity contribution in [2.45, 2.75) is 28.7 Å². The lowest BCUT2D eigenvalue weighted by Gasteiger charge is -2.32. The Morgan fingerprint density at radius 3 is 2.69 bits per heavy atom. The highest BCUT2D eigenvalue weighted by Crippen LogP contribution is 2.31. The standard InChI is InChI=1S/C8H10Cl3NO4/c9-8(10,11)7(12)16-6-5-4(1-2-13-6)14-3-15-5/h4-6,12H,1-3H2. The van der Waals surface area contributed by atoms with Crippen molar-refractivity contribution in [2.24, 2.45) is 0 Å². The van der Waals surface area contributed by atoms with Gasteiger partial charge in [0.05, 0.1) is 12.7 Å². The van der Waals surface area contributed by atoms with Crippen molar-refractivity contribution < 1.29 is 18.9 Å². The average molecular weight is 291 g/mol. The molecule has 2 saturated heterocycles. The fourth-order valence-electron chi connectivity index (χ4n) is 1.59. The van der Waals surface area contributed by atoms with Gasteiger partial charge in [0.2, 0.25) is 12.2 Å². The number of hydrogen-bond acceptors (Lipinski definition) is 5. The Balaban J connectivity index is 1.96. The van der Waals surface area contributed by atoms with Crippen LogP contribution >= 0.6 is 34.8 Å². The second kappa shape index (κ2) is 4.84. The molecule has 2 heterocycles. The maximum absolute atomic E-state index is 7.43. The molecule has 2 aliphatic heterocycles. The van der Waals surface area contributed by atoms with Crippen molar-refractivity contribution in [3.05, 3.63) is 0 Å². The van der Waals surface area contributed by atoms with Crippen LogP contribution in [-0.2, 0) is 18.9 Å². The van der Waals surface area contributed by atoms with Crippen LogP contribution < -0.4 is 0 Å². The van der Waals surface area contributed by atoms with Crippen LogP contribution in [0, 0.1) is 5.41 Å². The molecule has 5 nitrogen and oxygen atoms in total. The molecule has 16 heavy (non-hydrogen) atoms. The van der Waals surface area contributed by atoms with E-state index in [1.807, 2.05) is 0 Å². The summed E-state index contributed by atoms with van der Waals surface area (Å²) in [6, 6.07) is 0. The molecule has 2 rings (SSSR count). The van der Waals surface area contributed by atoms with Gasteiger partial charge in [-0.05, 0) is 6.42 Å². The molecule has 0 aromatic heterocycles. The molecule has 92 valence electrons. The van der Waals surface area contributed by atoms with E-state index in [0.717, 1.165) is 6.42 Å². The first-order valence-corrected chi connectivity index (χ1v) is 5.79. The molecule has 0 aromatic rings. The summed E-state index contributed by atoms with van der Waals surface area (Å²) in [5, 5.41) is 7.43. The molecule has 3 atom stereocenters. The lowest BCUT2D eigenvalue weighted by Crippen LogP contribution is -2.46. The maximum Gasteiger partial charge on any atom is 0.265 e. The highest BCUT2D eigenvalue weighted by atomic mass is 35.6. The number of nitrogens with one attached hydrogen (secondary N) is 1. The summed E-state index contributed by atoms with van der Waals surface area (Å²) in [6.45, 7) is 0.655. The van der Waals surface area contributed by atoms with E-state index in [1.165, 1.54) is 0 Å². The fourth-order valence-corrected chi connectivity index (χ4v) is 1.72. The largest absolute Gasteiger partial charge is 0.445 e. The summed E-state index contributed by atoms with van der Waals surface area (Å²) in [5.74, 6) is -0.487. The lowest BCUT2D eigenvalue weighted by molar-refractivity contribution is -0.184. The maximum atomic E-state index is 7.43. The van der Waals surface area contributed by atoms with Gasteiger partial charge in [-0.1, -0.05) is 34.8 Å². The van der Waals surface area contributed by atoms with Crippen LogP contribution in [0.25, 0.3) is 0 Å². The summed E-state index contributed by atoms with van der Waals surface area (Å²) in [5.41, 5.74) is 0. The van der Waals surface area contributed by atoms with E-state index >= 15 is 0 Å². The molecule has 0 spiro atoms. The van der Waals surface area contributed by atoms with E-state index < -0.39 is 16.0 Å². The Morgan fingerprint density at radius 1 is 1.25 bits per heavy atom. The topological polar surface area (TPSA) is 60.8 Å². The molecule has 1 N–H and O–H groups in total. The second-order valence-corrected chi connectivity index (χ2v) is 5.71.